The van der Waals surface area contributed by atoms with E-state index in [-0.39, 0.29) is 12.8 Å². The van der Waals surface area contributed by atoms with Crippen molar-refractivity contribution in [2.45, 2.75) is 32.6 Å². The zero-order chi connectivity index (χ0) is 23.8. The summed E-state index contributed by atoms with van der Waals surface area (Å²) in [6, 6.07) is 14.9. The van der Waals surface area contributed by atoms with Crippen molar-refractivity contribution in [1.29, 1.82) is 5.26 Å². The van der Waals surface area contributed by atoms with Crippen LogP contribution in [0.2, 0.25) is 0 Å². The maximum absolute atomic E-state index is 12.5. The van der Waals surface area contributed by atoms with E-state index in [1.54, 1.807) is 24.4 Å². The summed E-state index contributed by atoms with van der Waals surface area (Å²) >= 11 is 1.37. The molecule has 34 heavy (non-hydrogen) atoms. The van der Waals surface area contributed by atoms with E-state index in [0.717, 1.165) is 36.9 Å². The van der Waals surface area contributed by atoms with Crippen molar-refractivity contribution >= 4 is 28.6 Å². The van der Waals surface area contributed by atoms with Crippen molar-refractivity contribution in [1.82, 2.24) is 4.98 Å². The molecule has 4 rings (SSSR count). The summed E-state index contributed by atoms with van der Waals surface area (Å²) in [5.41, 5.74) is 2.98. The first-order valence-corrected chi connectivity index (χ1v) is 12.1. The molecular weight excluding hydrogens is 450 g/mol. The molecule has 0 unspecified atom stereocenters. The van der Waals surface area contributed by atoms with E-state index in [1.807, 2.05) is 29.6 Å². The topological polar surface area (TPSA) is 93.5 Å². The molecule has 1 aliphatic rings. The highest BCUT2D eigenvalue weighted by Gasteiger charge is 2.16. The molecule has 0 saturated heterocycles. The summed E-state index contributed by atoms with van der Waals surface area (Å²) in [4.78, 5) is 17.2. The van der Waals surface area contributed by atoms with E-state index in [0.29, 0.717) is 39.9 Å². The number of carbonyl (C=O) groups is 1. The van der Waals surface area contributed by atoms with E-state index in [2.05, 4.69) is 23.3 Å². The van der Waals surface area contributed by atoms with Crippen LogP contribution in [0.1, 0.15) is 48.0 Å². The first kappa shape index (κ1) is 23.3. The molecule has 0 amide bonds. The SMILES string of the molecule is CCCCCCOC(=O)c1ccccc1N/C=C(\C#N)c1nc(-c2ccc3c(c2)OCO3)cs1. The number of unbranched alkanes of at least 4 members (excludes halogenated alkanes) is 3. The summed E-state index contributed by atoms with van der Waals surface area (Å²) < 4.78 is 16.2. The van der Waals surface area contributed by atoms with Gasteiger partial charge in [-0.25, -0.2) is 9.78 Å². The van der Waals surface area contributed by atoms with Crippen LogP contribution in [0.3, 0.4) is 0 Å². The van der Waals surface area contributed by atoms with Crippen LogP contribution < -0.4 is 14.8 Å². The average molecular weight is 476 g/mol. The molecule has 0 atom stereocenters. The van der Waals surface area contributed by atoms with Crippen molar-refractivity contribution in [2.75, 3.05) is 18.7 Å². The van der Waals surface area contributed by atoms with Gasteiger partial charge < -0.3 is 19.5 Å². The number of aromatic nitrogens is 1. The van der Waals surface area contributed by atoms with Crippen LogP contribution in [0.4, 0.5) is 5.69 Å². The van der Waals surface area contributed by atoms with Crippen LogP contribution in [0.5, 0.6) is 11.5 Å². The summed E-state index contributed by atoms with van der Waals surface area (Å²) in [7, 11) is 0. The standard InChI is InChI=1S/C26H25N3O4S/c1-2-3-4-7-12-31-26(30)20-8-5-6-9-21(20)28-15-19(14-27)25-29-22(16-34-25)18-10-11-23-24(13-18)33-17-32-23/h5-6,8-11,13,15-16,28H,2-4,7,12,17H2,1H3/b19-15+. The molecule has 2 heterocycles. The van der Waals surface area contributed by atoms with Crippen LogP contribution in [0, 0.1) is 11.3 Å². The Bertz CT molecular complexity index is 1230. The number of anilines is 1. The highest BCUT2D eigenvalue weighted by Crippen LogP contribution is 2.36. The van der Waals surface area contributed by atoms with E-state index in [9.17, 15) is 10.1 Å². The lowest BCUT2D eigenvalue weighted by Crippen LogP contribution is -2.09. The summed E-state index contributed by atoms with van der Waals surface area (Å²) in [6.07, 6.45) is 5.72. The Labute approximate surface area is 202 Å². The minimum atomic E-state index is -0.383. The van der Waals surface area contributed by atoms with Crippen molar-refractivity contribution in [2.24, 2.45) is 0 Å². The van der Waals surface area contributed by atoms with E-state index in [1.165, 1.54) is 11.3 Å². The average Bonchev–Trinajstić information content (AvgIpc) is 3.54. The van der Waals surface area contributed by atoms with Crippen LogP contribution >= 0.6 is 11.3 Å². The number of esters is 1. The lowest BCUT2D eigenvalue weighted by molar-refractivity contribution is 0.0499. The zero-order valence-electron chi connectivity index (χ0n) is 18.9. The number of nitriles is 1. The molecule has 0 saturated carbocycles. The molecule has 1 N–H and O–H groups in total. The summed E-state index contributed by atoms with van der Waals surface area (Å²) in [6.45, 7) is 2.75. The zero-order valence-corrected chi connectivity index (χ0v) is 19.7. The number of ether oxygens (including phenoxy) is 3. The molecule has 1 aliphatic heterocycles. The fraction of sp³-hybridized carbons (Fsp3) is 0.269. The molecule has 0 radical (unpaired) electrons. The van der Waals surface area contributed by atoms with Gasteiger partial charge in [-0.05, 0) is 36.8 Å². The van der Waals surface area contributed by atoms with Gasteiger partial charge in [0.15, 0.2) is 11.5 Å². The smallest absolute Gasteiger partial charge is 0.340 e. The Morgan fingerprint density at radius 2 is 2.06 bits per heavy atom. The first-order valence-electron chi connectivity index (χ1n) is 11.2. The highest BCUT2D eigenvalue weighted by atomic mass is 32.1. The maximum atomic E-state index is 12.5. The minimum Gasteiger partial charge on any atom is -0.462 e. The third kappa shape index (κ3) is 5.56. The van der Waals surface area contributed by atoms with Crippen LogP contribution in [0.25, 0.3) is 16.8 Å². The minimum absolute atomic E-state index is 0.210. The van der Waals surface area contributed by atoms with Crippen LogP contribution in [-0.2, 0) is 4.74 Å². The summed E-state index contributed by atoms with van der Waals surface area (Å²) in [5, 5.41) is 15.3. The third-order valence-corrected chi connectivity index (χ3v) is 6.15. The second kappa shape index (κ2) is 11.3. The van der Waals surface area contributed by atoms with Gasteiger partial charge in [-0.1, -0.05) is 38.3 Å². The maximum Gasteiger partial charge on any atom is 0.340 e. The molecule has 0 fully saturated rings. The Morgan fingerprint density at radius 1 is 1.21 bits per heavy atom. The Hall–Kier alpha value is -3.83. The predicted molar refractivity (Wildman–Crippen MR) is 132 cm³/mol. The van der Waals surface area contributed by atoms with Crippen molar-refractivity contribution in [3.8, 4) is 28.8 Å². The number of thiazole rings is 1. The Balaban J connectivity index is 1.45. The largest absolute Gasteiger partial charge is 0.462 e. The number of fused-ring (bicyclic) bond motifs is 1. The third-order valence-electron chi connectivity index (χ3n) is 5.27. The Kier molecular flexibility index (Phi) is 7.79. The molecule has 1 aromatic heterocycles. The highest BCUT2D eigenvalue weighted by molar-refractivity contribution is 7.11. The number of nitrogens with one attached hydrogen (secondary N) is 1. The first-order chi connectivity index (χ1) is 16.7. The number of benzene rings is 2. The van der Waals surface area contributed by atoms with Gasteiger partial charge in [0.05, 0.1) is 23.6 Å². The molecular formula is C26H25N3O4S. The van der Waals surface area contributed by atoms with E-state index in [4.69, 9.17) is 14.2 Å². The number of hydrogen-bond acceptors (Lipinski definition) is 8. The molecule has 7 nitrogen and oxygen atoms in total. The van der Waals surface area contributed by atoms with Gasteiger partial charge in [-0.15, -0.1) is 11.3 Å². The van der Waals surface area contributed by atoms with Gasteiger partial charge in [0.25, 0.3) is 0 Å². The fourth-order valence-corrected chi connectivity index (χ4v) is 4.23. The van der Waals surface area contributed by atoms with Gasteiger partial charge in [0, 0.05) is 17.1 Å². The van der Waals surface area contributed by atoms with Crippen molar-refractivity contribution in [3.05, 3.63) is 64.6 Å². The normalized spacial score (nSPS) is 12.3. The number of para-hydroxylation sites is 1. The summed E-state index contributed by atoms with van der Waals surface area (Å²) in [5.74, 6) is 1.00. The van der Waals surface area contributed by atoms with E-state index < -0.39 is 0 Å². The van der Waals surface area contributed by atoms with Gasteiger partial charge >= 0.3 is 5.97 Å². The van der Waals surface area contributed by atoms with Gasteiger partial charge in [0.2, 0.25) is 6.79 Å². The van der Waals surface area contributed by atoms with Crippen LogP contribution in [0.15, 0.2) is 54.0 Å². The van der Waals surface area contributed by atoms with Crippen molar-refractivity contribution in [3.63, 3.8) is 0 Å². The molecule has 174 valence electrons. The molecule has 8 heteroatoms. The van der Waals surface area contributed by atoms with Crippen molar-refractivity contribution < 1.29 is 19.0 Å². The number of nitrogens with zero attached hydrogens (tertiary/aromatic N) is 2. The molecule has 3 aromatic rings. The second-order valence-corrected chi connectivity index (χ2v) is 8.52. The second-order valence-electron chi connectivity index (χ2n) is 7.66. The lowest BCUT2D eigenvalue weighted by atomic mass is 10.1. The quantitative estimate of drug-likeness (QED) is 0.210. The fourth-order valence-electron chi connectivity index (χ4n) is 3.44. The number of hydrogen-bond donors (Lipinski definition) is 1. The van der Waals surface area contributed by atoms with Gasteiger partial charge in [-0.3, -0.25) is 0 Å². The van der Waals surface area contributed by atoms with Crippen LogP contribution in [-0.4, -0.2) is 24.4 Å². The number of rotatable bonds is 10. The van der Waals surface area contributed by atoms with Gasteiger partial charge in [-0.2, -0.15) is 5.26 Å². The molecule has 2 aromatic carbocycles. The van der Waals surface area contributed by atoms with E-state index >= 15 is 0 Å². The predicted octanol–water partition coefficient (Wildman–Crippen LogP) is 6.25. The molecule has 0 bridgehead atoms. The monoisotopic (exact) mass is 475 g/mol. The van der Waals surface area contributed by atoms with Gasteiger partial charge in [0.1, 0.15) is 16.6 Å². The lowest BCUT2D eigenvalue weighted by Gasteiger charge is -2.09. The Morgan fingerprint density at radius 3 is 2.91 bits per heavy atom. The number of carbonyl (C=O) groups excluding carboxylic acids is 1. The number of allylic oxidation sites excluding steroid dienone is 1. The molecule has 0 spiro atoms. The molecule has 0 aliphatic carbocycles.